The van der Waals surface area contributed by atoms with Crippen LogP contribution in [0.5, 0.6) is 5.75 Å². The second kappa shape index (κ2) is 11.0. The molecule has 0 saturated heterocycles. The van der Waals surface area contributed by atoms with Crippen molar-refractivity contribution >= 4 is 40.6 Å². The summed E-state index contributed by atoms with van der Waals surface area (Å²) in [4.78, 5) is 80.8. The Kier molecular flexibility index (Phi) is 8.12. The van der Waals surface area contributed by atoms with E-state index in [1.165, 1.54) is 0 Å². The smallest absolute Gasteiger partial charge is 0.235 e. The first kappa shape index (κ1) is 30.3. The summed E-state index contributed by atoms with van der Waals surface area (Å²) in [7, 11) is 3.53. The average Bonchev–Trinajstić information content (AvgIpc) is 2.88. The van der Waals surface area contributed by atoms with Gasteiger partial charge < -0.3 is 31.5 Å². The van der Waals surface area contributed by atoms with E-state index in [4.69, 9.17) is 5.73 Å². The minimum atomic E-state index is -2.74. The molecule has 2 saturated carbocycles. The van der Waals surface area contributed by atoms with E-state index in [2.05, 4.69) is 10.6 Å². The first-order valence-corrected chi connectivity index (χ1v) is 13.9. The molecule has 222 valence electrons. The quantitative estimate of drug-likeness (QED) is 0.254. The van der Waals surface area contributed by atoms with Crippen LogP contribution in [-0.2, 0) is 36.9 Å². The first-order chi connectivity index (χ1) is 19.2. The van der Waals surface area contributed by atoms with Gasteiger partial charge in [0.15, 0.2) is 34.7 Å². The summed E-state index contributed by atoms with van der Waals surface area (Å²) in [5, 5.41) is 28.6. The second-order valence-electron chi connectivity index (χ2n) is 11.9. The molecule has 2 fully saturated rings. The molecule has 0 heterocycles. The van der Waals surface area contributed by atoms with Gasteiger partial charge in [0.05, 0.1) is 18.0 Å². The molecule has 41 heavy (non-hydrogen) atoms. The zero-order chi connectivity index (χ0) is 30.5. The number of nitrogens with one attached hydrogen (secondary N) is 2. The van der Waals surface area contributed by atoms with Crippen molar-refractivity contribution in [3.05, 3.63) is 22.8 Å². The van der Waals surface area contributed by atoms with E-state index in [0.717, 1.165) is 0 Å². The molecule has 6 atom stereocenters. The van der Waals surface area contributed by atoms with Crippen molar-refractivity contribution in [1.29, 1.82) is 0 Å². The maximum absolute atomic E-state index is 14.0. The molecule has 1 aromatic carbocycles. The number of carbonyl (C=O) groups is 6. The highest BCUT2D eigenvalue weighted by Crippen LogP contribution is 2.54. The van der Waals surface area contributed by atoms with Crippen LogP contribution in [-0.4, -0.2) is 77.9 Å². The number of nitrogens with zero attached hydrogens (tertiary/aromatic N) is 1. The summed E-state index contributed by atoms with van der Waals surface area (Å²) < 4.78 is 0. The fraction of sp³-hybridized carbons (Fsp3) is 0.586. The van der Waals surface area contributed by atoms with Crippen LogP contribution < -0.4 is 21.3 Å². The van der Waals surface area contributed by atoms with E-state index in [9.17, 15) is 39.0 Å². The van der Waals surface area contributed by atoms with Gasteiger partial charge in [0, 0.05) is 43.7 Å². The summed E-state index contributed by atoms with van der Waals surface area (Å²) in [6.45, 7) is 5.84. The molecule has 0 bridgehead atoms. The zero-order valence-corrected chi connectivity index (χ0v) is 23.9. The monoisotopic (exact) mass is 570 g/mol. The van der Waals surface area contributed by atoms with E-state index < -0.39 is 70.1 Å². The van der Waals surface area contributed by atoms with Crippen LogP contribution in [0.4, 0.5) is 5.69 Å². The zero-order valence-electron chi connectivity index (χ0n) is 23.9. The number of anilines is 1. The second-order valence-corrected chi connectivity index (χ2v) is 11.9. The topological polar surface area (TPSA) is 196 Å². The van der Waals surface area contributed by atoms with Crippen molar-refractivity contribution in [1.82, 2.24) is 10.6 Å². The van der Waals surface area contributed by atoms with Gasteiger partial charge in [-0.1, -0.05) is 20.8 Å². The van der Waals surface area contributed by atoms with E-state index in [1.54, 1.807) is 38.9 Å². The van der Waals surface area contributed by atoms with Crippen molar-refractivity contribution in [2.24, 2.45) is 41.2 Å². The first-order valence-electron chi connectivity index (χ1n) is 13.9. The van der Waals surface area contributed by atoms with Crippen molar-refractivity contribution in [2.75, 3.05) is 32.1 Å². The molecule has 12 heteroatoms. The molecule has 1 aromatic rings. The van der Waals surface area contributed by atoms with Crippen LogP contribution >= 0.6 is 0 Å². The number of aromatic hydroxyl groups is 1. The third kappa shape index (κ3) is 4.72. The number of nitrogens with two attached hydrogens (primary N) is 1. The average molecular weight is 571 g/mol. The van der Waals surface area contributed by atoms with Crippen LogP contribution in [0.15, 0.2) is 6.07 Å². The molecule has 0 aliphatic heterocycles. The number of aliphatic hydroxyl groups is 1. The summed E-state index contributed by atoms with van der Waals surface area (Å²) in [5.74, 6) is -12.4. The number of amides is 2. The van der Waals surface area contributed by atoms with Gasteiger partial charge >= 0.3 is 0 Å². The number of benzene rings is 1. The normalized spacial score (nSPS) is 29.1. The SMILES string of the molecule is CCNCC(=O)NCc1cc(N(C)C)c2c(c1O)C(=O)C1C(=O)[C@]3(O)C(=O)C(C(N)=O)C(=O)[C@@H](C(C)C)[C@@H]3C[C@@H]1C2. The number of primary amides is 1. The highest BCUT2D eigenvalue weighted by molar-refractivity contribution is 6.32. The number of ketones is 4. The standard InChI is InChI=1S/C29H38N4O8/c1-6-31-11-18(34)32-10-14-9-17(33(4)5)15-7-13-8-16-19(12(2)3)24(36)22(28(30)40)27(39)29(16,41)26(38)20(13)25(37)21(15)23(14)35/h9,12-13,16,19-20,22,31,35,41H,6-8,10-11H2,1-5H3,(H2,30,40)(H,32,34)/t13-,16-,19-,20?,22?,29-/m0/s1. The van der Waals surface area contributed by atoms with Crippen LogP contribution in [0.2, 0.25) is 0 Å². The largest absolute Gasteiger partial charge is 0.507 e. The fourth-order valence-electron chi connectivity index (χ4n) is 6.98. The Morgan fingerprint density at radius 2 is 1.83 bits per heavy atom. The Balaban J connectivity index is 1.80. The molecular weight excluding hydrogens is 532 g/mol. The van der Waals surface area contributed by atoms with Crippen LogP contribution in [0, 0.1) is 35.5 Å². The molecule has 3 aliphatic carbocycles. The molecule has 4 rings (SSSR count). The lowest BCUT2D eigenvalue weighted by Crippen LogP contribution is -2.71. The number of rotatable bonds is 8. The van der Waals surface area contributed by atoms with Gasteiger partial charge in [-0.15, -0.1) is 0 Å². The number of carbonyl (C=O) groups excluding carboxylic acids is 6. The number of likely N-dealkylation sites (N-methyl/N-ethyl adjacent to an activating group) is 1. The Bertz CT molecular complexity index is 1340. The Hall–Kier alpha value is -3.64. The number of fused-ring (bicyclic) bond motifs is 3. The minimum absolute atomic E-state index is 0.0137. The fourth-order valence-corrected chi connectivity index (χ4v) is 6.98. The molecule has 2 amide bonds. The molecule has 6 N–H and O–H groups in total. The van der Waals surface area contributed by atoms with Gasteiger partial charge in [-0.3, -0.25) is 28.8 Å². The number of phenolic OH excluding ortho intramolecular Hbond substituents is 1. The van der Waals surface area contributed by atoms with Crippen molar-refractivity contribution in [3.63, 3.8) is 0 Å². The molecule has 0 radical (unpaired) electrons. The lowest BCUT2D eigenvalue weighted by molar-refractivity contribution is -0.182. The van der Waals surface area contributed by atoms with Crippen molar-refractivity contribution in [2.45, 2.75) is 45.8 Å². The molecule has 0 aromatic heterocycles. The van der Waals surface area contributed by atoms with Gasteiger partial charge in [0.25, 0.3) is 0 Å². The summed E-state index contributed by atoms with van der Waals surface area (Å²) in [6, 6.07) is 1.68. The van der Waals surface area contributed by atoms with Gasteiger partial charge in [0.1, 0.15) is 5.75 Å². The van der Waals surface area contributed by atoms with E-state index in [-0.39, 0.29) is 48.7 Å². The van der Waals surface area contributed by atoms with Crippen LogP contribution in [0.1, 0.15) is 48.7 Å². The van der Waals surface area contributed by atoms with Crippen molar-refractivity contribution in [3.8, 4) is 5.75 Å². The van der Waals surface area contributed by atoms with Gasteiger partial charge in [-0.05, 0) is 42.9 Å². The highest BCUT2D eigenvalue weighted by Gasteiger charge is 2.69. The van der Waals surface area contributed by atoms with Gasteiger partial charge in [-0.2, -0.15) is 0 Å². The lowest BCUT2D eigenvalue weighted by atomic mass is 9.49. The Morgan fingerprint density at radius 1 is 1.17 bits per heavy atom. The third-order valence-electron chi connectivity index (χ3n) is 8.86. The summed E-state index contributed by atoms with van der Waals surface area (Å²) in [6.07, 6.45) is 0.185. The predicted molar refractivity (Wildman–Crippen MR) is 147 cm³/mol. The van der Waals surface area contributed by atoms with E-state index in [0.29, 0.717) is 17.8 Å². The van der Waals surface area contributed by atoms with Crippen molar-refractivity contribution < 1.29 is 39.0 Å². The Labute approximate surface area is 238 Å². The molecule has 12 nitrogen and oxygen atoms in total. The Morgan fingerprint density at radius 3 is 2.39 bits per heavy atom. The molecule has 2 unspecified atom stereocenters. The molecular formula is C29H38N4O8. The van der Waals surface area contributed by atoms with Gasteiger partial charge in [-0.25, -0.2) is 0 Å². The number of phenols is 1. The summed E-state index contributed by atoms with van der Waals surface area (Å²) in [5.41, 5.74) is 3.91. The maximum atomic E-state index is 14.0. The number of hydrogen-bond acceptors (Lipinski definition) is 10. The predicted octanol–water partition coefficient (Wildman–Crippen LogP) is -0.499. The van der Waals surface area contributed by atoms with Gasteiger partial charge in [0.2, 0.25) is 11.8 Å². The van der Waals surface area contributed by atoms with E-state index in [1.807, 2.05) is 6.92 Å². The van der Waals surface area contributed by atoms with E-state index >= 15 is 0 Å². The maximum Gasteiger partial charge on any atom is 0.235 e. The van der Waals surface area contributed by atoms with Crippen LogP contribution in [0.3, 0.4) is 0 Å². The third-order valence-corrected chi connectivity index (χ3v) is 8.86. The molecule has 3 aliphatic rings. The number of hydrogen-bond donors (Lipinski definition) is 5. The summed E-state index contributed by atoms with van der Waals surface area (Å²) >= 11 is 0. The lowest BCUT2D eigenvalue weighted by Gasteiger charge is -2.52. The van der Waals surface area contributed by atoms with Crippen LogP contribution in [0.25, 0.3) is 0 Å². The highest BCUT2D eigenvalue weighted by atomic mass is 16.3. The minimum Gasteiger partial charge on any atom is -0.507 e. The number of Topliss-reactive ketones (excluding diaryl/α,β-unsaturated/α-hetero) is 4. The molecule has 0 spiro atoms.